The Hall–Kier alpha value is -1.05. The molecular formula is C8H14O2. The van der Waals surface area contributed by atoms with Crippen LogP contribution in [0.25, 0.3) is 0 Å². The molecule has 2 nitrogen and oxygen atoms in total. The third-order valence-corrected chi connectivity index (χ3v) is 0.309. The van der Waals surface area contributed by atoms with Crippen LogP contribution in [0.1, 0.15) is 20.8 Å². The van der Waals surface area contributed by atoms with Crippen LogP contribution >= 0.6 is 0 Å². The first kappa shape index (κ1) is 11.7. The summed E-state index contributed by atoms with van der Waals surface area (Å²) in [7, 11) is 0. The van der Waals surface area contributed by atoms with Crippen LogP contribution in [-0.2, 0) is 4.79 Å². The molecule has 1 N–H and O–H groups in total. The Kier molecular flexibility index (Phi) is 9.31. The Labute approximate surface area is 61.9 Å². The van der Waals surface area contributed by atoms with Gasteiger partial charge < -0.3 is 5.11 Å². The second kappa shape index (κ2) is 7.95. The second-order valence-corrected chi connectivity index (χ2v) is 2.05. The first-order chi connectivity index (χ1) is 4.50. The van der Waals surface area contributed by atoms with Crippen LogP contribution in [-0.4, -0.2) is 11.1 Å². The van der Waals surface area contributed by atoms with Crippen LogP contribution in [0.5, 0.6) is 0 Å². The molecule has 0 spiro atoms. The fourth-order valence-electron chi connectivity index (χ4n) is 0.143. The van der Waals surface area contributed by atoms with E-state index in [1.807, 2.05) is 13.8 Å². The van der Waals surface area contributed by atoms with Gasteiger partial charge in [-0.25, -0.2) is 4.79 Å². The molecule has 0 unspecified atom stereocenters. The van der Waals surface area contributed by atoms with Crippen molar-refractivity contribution in [2.24, 2.45) is 0 Å². The summed E-state index contributed by atoms with van der Waals surface area (Å²) in [6, 6.07) is 0. The van der Waals surface area contributed by atoms with Gasteiger partial charge in [-0.2, -0.15) is 0 Å². The van der Waals surface area contributed by atoms with Crippen LogP contribution in [0.3, 0.4) is 0 Å². The van der Waals surface area contributed by atoms with E-state index < -0.39 is 5.97 Å². The summed E-state index contributed by atoms with van der Waals surface area (Å²) in [6.07, 6.45) is 2.56. The van der Waals surface area contributed by atoms with Crippen molar-refractivity contribution in [3.63, 3.8) is 0 Å². The molecule has 0 aliphatic rings. The van der Waals surface area contributed by atoms with Gasteiger partial charge in [-0.15, -0.1) is 6.58 Å². The normalized spacial score (nSPS) is 8.30. The zero-order chi connectivity index (χ0) is 8.57. The molecule has 0 fully saturated rings. The lowest BCUT2D eigenvalue weighted by atomic mass is 10.4. The summed E-state index contributed by atoms with van der Waals surface area (Å²) in [4.78, 5) is 9.51. The minimum atomic E-state index is -0.891. The van der Waals surface area contributed by atoms with E-state index in [1.165, 1.54) is 11.6 Å². The van der Waals surface area contributed by atoms with E-state index in [-0.39, 0.29) is 0 Å². The number of aliphatic carboxylic acids is 1. The average Bonchev–Trinajstić information content (AvgIpc) is 1.62. The van der Waals surface area contributed by atoms with E-state index in [4.69, 9.17) is 5.11 Å². The summed E-state index contributed by atoms with van der Waals surface area (Å²) in [5.74, 6) is -0.891. The maximum atomic E-state index is 9.51. The first-order valence-corrected chi connectivity index (χ1v) is 2.98. The van der Waals surface area contributed by atoms with Gasteiger partial charge in [0.05, 0.1) is 0 Å². The number of allylic oxidation sites excluding steroid dienone is 2. The zero-order valence-corrected chi connectivity index (χ0v) is 6.72. The Bertz CT molecular complexity index is 130. The average molecular weight is 142 g/mol. The lowest BCUT2D eigenvalue weighted by molar-refractivity contribution is -0.131. The Morgan fingerprint density at radius 2 is 1.80 bits per heavy atom. The molecule has 0 aromatic carbocycles. The quantitative estimate of drug-likeness (QED) is 0.450. The lowest BCUT2D eigenvalue weighted by Crippen LogP contribution is -1.83. The lowest BCUT2D eigenvalue weighted by Gasteiger charge is -1.68. The number of carboxylic acid groups (broad SMARTS) is 1. The molecule has 0 aromatic heterocycles. The SMILES string of the molecule is C=C(C)C.CC=CC(=O)O. The molecular weight excluding hydrogens is 128 g/mol. The van der Waals surface area contributed by atoms with E-state index in [0.717, 1.165) is 6.08 Å². The molecule has 0 aliphatic heterocycles. The van der Waals surface area contributed by atoms with Gasteiger partial charge >= 0.3 is 5.97 Å². The number of carboxylic acids is 1. The van der Waals surface area contributed by atoms with Gasteiger partial charge in [-0.1, -0.05) is 11.6 Å². The molecule has 0 aliphatic carbocycles. The Balaban J connectivity index is 0. The van der Waals surface area contributed by atoms with Gasteiger partial charge in [0.15, 0.2) is 0 Å². The number of rotatable bonds is 1. The van der Waals surface area contributed by atoms with Crippen molar-refractivity contribution >= 4 is 5.97 Å². The minimum Gasteiger partial charge on any atom is -0.478 e. The van der Waals surface area contributed by atoms with Crippen molar-refractivity contribution in [3.05, 3.63) is 24.3 Å². The summed E-state index contributed by atoms with van der Waals surface area (Å²) in [5, 5.41) is 7.83. The Morgan fingerprint density at radius 1 is 1.50 bits per heavy atom. The first-order valence-electron chi connectivity index (χ1n) is 2.98. The molecule has 0 atom stereocenters. The van der Waals surface area contributed by atoms with Gasteiger partial charge in [0.1, 0.15) is 0 Å². The molecule has 0 bridgehead atoms. The van der Waals surface area contributed by atoms with Crippen molar-refractivity contribution in [1.82, 2.24) is 0 Å². The van der Waals surface area contributed by atoms with Crippen molar-refractivity contribution in [1.29, 1.82) is 0 Å². The third kappa shape index (κ3) is 64.7. The van der Waals surface area contributed by atoms with Crippen LogP contribution < -0.4 is 0 Å². The van der Waals surface area contributed by atoms with Gasteiger partial charge in [0.2, 0.25) is 0 Å². The summed E-state index contributed by atoms with van der Waals surface area (Å²) in [6.45, 7) is 9.16. The molecule has 0 radical (unpaired) electrons. The predicted molar refractivity (Wildman–Crippen MR) is 42.9 cm³/mol. The maximum absolute atomic E-state index is 9.51. The molecule has 0 saturated heterocycles. The molecule has 0 aromatic rings. The monoisotopic (exact) mass is 142 g/mol. The van der Waals surface area contributed by atoms with Crippen molar-refractivity contribution in [2.45, 2.75) is 20.8 Å². The summed E-state index contributed by atoms with van der Waals surface area (Å²) < 4.78 is 0. The van der Waals surface area contributed by atoms with E-state index in [1.54, 1.807) is 6.92 Å². The Morgan fingerprint density at radius 3 is 1.80 bits per heavy atom. The maximum Gasteiger partial charge on any atom is 0.327 e. The fraction of sp³-hybridized carbons (Fsp3) is 0.375. The summed E-state index contributed by atoms with van der Waals surface area (Å²) >= 11 is 0. The van der Waals surface area contributed by atoms with E-state index in [2.05, 4.69) is 6.58 Å². The molecule has 58 valence electrons. The molecule has 0 amide bonds. The minimum absolute atomic E-state index is 0.891. The highest BCUT2D eigenvalue weighted by atomic mass is 16.4. The van der Waals surface area contributed by atoms with Crippen molar-refractivity contribution in [2.75, 3.05) is 0 Å². The second-order valence-electron chi connectivity index (χ2n) is 2.05. The molecule has 0 rings (SSSR count). The van der Waals surface area contributed by atoms with Gasteiger partial charge in [-0.3, -0.25) is 0 Å². The molecule has 10 heavy (non-hydrogen) atoms. The molecule has 0 saturated carbocycles. The van der Waals surface area contributed by atoms with Gasteiger partial charge in [0.25, 0.3) is 0 Å². The largest absolute Gasteiger partial charge is 0.478 e. The van der Waals surface area contributed by atoms with Crippen molar-refractivity contribution < 1.29 is 9.90 Å². The third-order valence-electron chi connectivity index (χ3n) is 0.309. The van der Waals surface area contributed by atoms with Crippen LogP contribution in [0.4, 0.5) is 0 Å². The van der Waals surface area contributed by atoms with E-state index in [9.17, 15) is 4.79 Å². The zero-order valence-electron chi connectivity index (χ0n) is 6.72. The number of hydrogen-bond acceptors (Lipinski definition) is 1. The standard InChI is InChI=1S/C4H6O2.C4H8/c1-2-3-4(5)6;1-4(2)3/h2-3H,1H3,(H,5,6);1H2,2-3H3. The topological polar surface area (TPSA) is 37.3 Å². The highest BCUT2D eigenvalue weighted by Crippen LogP contribution is 1.73. The van der Waals surface area contributed by atoms with Crippen LogP contribution in [0.2, 0.25) is 0 Å². The van der Waals surface area contributed by atoms with E-state index >= 15 is 0 Å². The highest BCUT2D eigenvalue weighted by molar-refractivity contribution is 5.79. The smallest absolute Gasteiger partial charge is 0.327 e. The van der Waals surface area contributed by atoms with Gasteiger partial charge in [-0.05, 0) is 20.8 Å². The van der Waals surface area contributed by atoms with E-state index in [0.29, 0.717) is 0 Å². The number of hydrogen-bond donors (Lipinski definition) is 1. The fourth-order valence-corrected chi connectivity index (χ4v) is 0.143. The number of carbonyl (C=O) groups is 1. The van der Waals surface area contributed by atoms with Crippen LogP contribution in [0.15, 0.2) is 24.3 Å². The summed E-state index contributed by atoms with van der Waals surface area (Å²) in [5.41, 5.74) is 1.17. The molecule has 0 heterocycles. The molecule has 2 heteroatoms. The van der Waals surface area contributed by atoms with Crippen LogP contribution in [0, 0.1) is 0 Å². The highest BCUT2D eigenvalue weighted by Gasteiger charge is 1.76. The predicted octanol–water partition coefficient (Wildman–Crippen LogP) is 2.23. The van der Waals surface area contributed by atoms with Crippen molar-refractivity contribution in [3.8, 4) is 0 Å². The van der Waals surface area contributed by atoms with Gasteiger partial charge in [0, 0.05) is 6.08 Å².